The third kappa shape index (κ3) is 5.59. The van der Waals surface area contributed by atoms with Gasteiger partial charge in [-0.2, -0.15) is 5.26 Å². The van der Waals surface area contributed by atoms with E-state index < -0.39 is 0 Å². The number of hydrogen-bond acceptors (Lipinski definition) is 6. The molecule has 1 aromatic heterocycles. The van der Waals surface area contributed by atoms with Crippen molar-refractivity contribution in [2.45, 2.75) is 64.0 Å². The van der Waals surface area contributed by atoms with Gasteiger partial charge in [-0.15, -0.1) is 10.2 Å². The molecule has 1 aromatic carbocycles. The molecule has 0 spiro atoms. The van der Waals surface area contributed by atoms with E-state index in [0.717, 1.165) is 18.5 Å². The van der Waals surface area contributed by atoms with Crippen LogP contribution in [0, 0.1) is 11.3 Å². The number of aromatic nitrogens is 4. The Bertz CT molecular complexity index is 777. The van der Waals surface area contributed by atoms with Crippen LogP contribution in [0.25, 0.3) is 0 Å². The average Bonchev–Trinajstić information content (AvgIpc) is 3.22. The lowest BCUT2D eigenvalue weighted by Gasteiger charge is -2.19. The highest BCUT2D eigenvalue weighted by molar-refractivity contribution is 5.83. The molecular weight excluding hydrogens is 340 g/mol. The summed E-state index contributed by atoms with van der Waals surface area (Å²) in [7, 11) is 0. The first kappa shape index (κ1) is 19.0. The van der Waals surface area contributed by atoms with Gasteiger partial charge in [0.1, 0.15) is 0 Å². The minimum absolute atomic E-state index is 0.230. The minimum atomic E-state index is 0.230. The summed E-state index contributed by atoms with van der Waals surface area (Å²) in [6.45, 7) is 0.230. The molecule has 0 radical (unpaired) electrons. The molecule has 1 heterocycles. The van der Waals surface area contributed by atoms with Gasteiger partial charge in [-0.3, -0.25) is 0 Å². The van der Waals surface area contributed by atoms with Crippen LogP contribution in [0.5, 0.6) is 0 Å². The molecule has 3 rings (SSSR count). The Morgan fingerprint density at radius 1 is 1.15 bits per heavy atom. The second-order valence-electron chi connectivity index (χ2n) is 6.83. The summed E-state index contributed by atoms with van der Waals surface area (Å²) in [5, 5.41) is 24.9. The van der Waals surface area contributed by atoms with Gasteiger partial charge in [-0.05, 0) is 42.3 Å². The maximum absolute atomic E-state index is 8.96. The van der Waals surface area contributed by atoms with Gasteiger partial charge in [0.05, 0.1) is 23.9 Å². The first-order valence-electron chi connectivity index (χ1n) is 9.63. The maximum atomic E-state index is 8.96. The lowest BCUT2D eigenvalue weighted by atomic mass is 10.1. The van der Waals surface area contributed by atoms with Crippen LogP contribution in [0.2, 0.25) is 0 Å². The zero-order valence-corrected chi connectivity index (χ0v) is 15.5. The van der Waals surface area contributed by atoms with Crippen molar-refractivity contribution >= 4 is 11.6 Å². The Kier molecular flexibility index (Phi) is 6.88. The highest BCUT2D eigenvalue weighted by Gasteiger charge is 2.16. The molecule has 27 heavy (non-hydrogen) atoms. The summed E-state index contributed by atoms with van der Waals surface area (Å²) < 4.78 is 0. The minimum Gasteiger partial charge on any atom is -0.350 e. The third-order valence-corrected chi connectivity index (χ3v) is 4.75. The van der Waals surface area contributed by atoms with Crippen LogP contribution in [0.3, 0.4) is 0 Å². The highest BCUT2D eigenvalue weighted by Crippen LogP contribution is 2.18. The Hall–Kier alpha value is -2.79. The quantitative estimate of drug-likeness (QED) is 0.637. The van der Waals surface area contributed by atoms with Gasteiger partial charge in [0.25, 0.3) is 0 Å². The SMILES string of the molecule is N#Cc1ccc(N=C(NC2CCCCCCCC2)n2nnc(CN)n2)cc1. The zero-order valence-electron chi connectivity index (χ0n) is 15.5. The van der Waals surface area contributed by atoms with Crippen LogP contribution in [-0.2, 0) is 6.54 Å². The molecular formula is C19H26N8. The van der Waals surface area contributed by atoms with Crippen molar-refractivity contribution in [2.24, 2.45) is 10.7 Å². The zero-order chi connectivity index (χ0) is 18.9. The van der Waals surface area contributed by atoms with Crippen LogP contribution < -0.4 is 11.1 Å². The van der Waals surface area contributed by atoms with Crippen LogP contribution >= 0.6 is 0 Å². The van der Waals surface area contributed by atoms with Crippen molar-refractivity contribution in [3.8, 4) is 6.07 Å². The van der Waals surface area contributed by atoms with Crippen LogP contribution in [-0.4, -0.2) is 32.2 Å². The summed E-state index contributed by atoms with van der Waals surface area (Å²) in [5.74, 6) is 1.01. The molecule has 0 saturated heterocycles. The topological polar surface area (TPSA) is 118 Å². The van der Waals surface area contributed by atoms with Gasteiger partial charge >= 0.3 is 0 Å². The van der Waals surface area contributed by atoms with E-state index in [4.69, 9.17) is 11.0 Å². The van der Waals surface area contributed by atoms with E-state index in [1.807, 2.05) is 12.1 Å². The van der Waals surface area contributed by atoms with Crippen molar-refractivity contribution in [1.29, 1.82) is 5.26 Å². The van der Waals surface area contributed by atoms with E-state index in [1.54, 1.807) is 12.1 Å². The molecule has 1 aliphatic rings. The van der Waals surface area contributed by atoms with Gasteiger partial charge in [0.2, 0.25) is 5.96 Å². The lowest BCUT2D eigenvalue weighted by molar-refractivity contribution is 0.483. The monoisotopic (exact) mass is 366 g/mol. The molecule has 0 amide bonds. The molecule has 8 nitrogen and oxygen atoms in total. The summed E-state index contributed by atoms with van der Waals surface area (Å²) in [6.07, 6.45) is 9.82. The first-order chi connectivity index (χ1) is 13.3. The Labute approximate surface area is 159 Å². The Morgan fingerprint density at radius 3 is 2.41 bits per heavy atom. The predicted molar refractivity (Wildman–Crippen MR) is 103 cm³/mol. The van der Waals surface area contributed by atoms with E-state index in [1.165, 1.54) is 43.3 Å². The second kappa shape index (κ2) is 9.78. The molecule has 0 aliphatic heterocycles. The number of benzene rings is 1. The number of tetrazole rings is 1. The first-order valence-corrected chi connectivity index (χ1v) is 9.63. The van der Waals surface area contributed by atoms with Crippen LogP contribution in [0.4, 0.5) is 5.69 Å². The van der Waals surface area contributed by atoms with Crippen LogP contribution in [0.1, 0.15) is 62.8 Å². The highest BCUT2D eigenvalue weighted by atomic mass is 15.6. The fourth-order valence-corrected chi connectivity index (χ4v) is 3.24. The Balaban J connectivity index is 1.84. The van der Waals surface area contributed by atoms with E-state index in [0.29, 0.717) is 23.4 Å². The van der Waals surface area contributed by atoms with Crippen molar-refractivity contribution in [3.05, 3.63) is 35.7 Å². The fourth-order valence-electron chi connectivity index (χ4n) is 3.24. The number of rotatable bonds is 3. The molecule has 0 bridgehead atoms. The lowest BCUT2D eigenvalue weighted by Crippen LogP contribution is -2.40. The van der Waals surface area contributed by atoms with E-state index >= 15 is 0 Å². The van der Waals surface area contributed by atoms with E-state index in [2.05, 4.69) is 31.8 Å². The number of hydrogen-bond donors (Lipinski definition) is 2. The maximum Gasteiger partial charge on any atom is 0.245 e. The average molecular weight is 366 g/mol. The normalized spacial score (nSPS) is 16.8. The summed E-state index contributed by atoms with van der Waals surface area (Å²) >= 11 is 0. The van der Waals surface area contributed by atoms with Crippen molar-refractivity contribution in [3.63, 3.8) is 0 Å². The van der Waals surface area contributed by atoms with E-state index in [-0.39, 0.29) is 6.54 Å². The van der Waals surface area contributed by atoms with Gasteiger partial charge in [-0.25, -0.2) is 4.99 Å². The fraction of sp³-hybridized carbons (Fsp3) is 0.526. The number of aliphatic imine (C=N–C) groups is 1. The van der Waals surface area contributed by atoms with E-state index in [9.17, 15) is 0 Å². The second-order valence-corrected chi connectivity index (χ2v) is 6.83. The largest absolute Gasteiger partial charge is 0.350 e. The van der Waals surface area contributed by atoms with Gasteiger partial charge in [0.15, 0.2) is 5.82 Å². The molecule has 1 aliphatic carbocycles. The molecule has 142 valence electrons. The van der Waals surface area contributed by atoms with Crippen molar-refractivity contribution in [2.75, 3.05) is 0 Å². The van der Waals surface area contributed by atoms with Gasteiger partial charge in [-0.1, -0.05) is 43.3 Å². The molecule has 2 aromatic rings. The van der Waals surface area contributed by atoms with Crippen molar-refractivity contribution in [1.82, 2.24) is 25.5 Å². The molecule has 1 fully saturated rings. The van der Waals surface area contributed by atoms with Crippen LogP contribution in [0.15, 0.2) is 29.3 Å². The van der Waals surface area contributed by atoms with Gasteiger partial charge < -0.3 is 11.1 Å². The number of nitriles is 1. The third-order valence-electron chi connectivity index (χ3n) is 4.75. The number of nitrogens with one attached hydrogen (secondary N) is 1. The number of nitrogens with two attached hydrogens (primary N) is 1. The van der Waals surface area contributed by atoms with Gasteiger partial charge in [0, 0.05) is 6.04 Å². The predicted octanol–water partition coefficient (Wildman–Crippen LogP) is 2.63. The number of nitrogens with zero attached hydrogens (tertiary/aromatic N) is 6. The Morgan fingerprint density at radius 2 is 1.81 bits per heavy atom. The molecule has 1 saturated carbocycles. The molecule has 3 N–H and O–H groups in total. The standard InChI is InChI=1S/C19H26N8/c20-13-15-9-11-17(12-10-15)23-19(27-25-18(14-21)24-26-27)22-16-7-5-3-1-2-4-6-8-16/h9-12,16H,1-8,14,21H2,(H,22,23). The summed E-state index contributed by atoms with van der Waals surface area (Å²) in [4.78, 5) is 6.09. The summed E-state index contributed by atoms with van der Waals surface area (Å²) in [6, 6.07) is 9.56. The summed E-state index contributed by atoms with van der Waals surface area (Å²) in [5.41, 5.74) is 6.95. The van der Waals surface area contributed by atoms with Crippen molar-refractivity contribution < 1.29 is 0 Å². The smallest absolute Gasteiger partial charge is 0.245 e. The molecule has 8 heteroatoms. The molecule has 0 unspecified atom stereocenters. The molecule has 0 atom stereocenters.